The molecule has 2 aromatic carbocycles. The average molecular weight is 377 g/mol. The van der Waals surface area contributed by atoms with Crippen LogP contribution in [0.3, 0.4) is 0 Å². The van der Waals surface area contributed by atoms with E-state index in [1.807, 2.05) is 54.6 Å². The van der Waals surface area contributed by atoms with Crippen LogP contribution in [-0.2, 0) is 6.42 Å². The number of methoxy groups -OCH3 is 1. The highest BCUT2D eigenvalue weighted by Gasteiger charge is 2.11. The van der Waals surface area contributed by atoms with Gasteiger partial charge < -0.3 is 4.74 Å². The van der Waals surface area contributed by atoms with Gasteiger partial charge in [0.05, 0.1) is 11.6 Å². The summed E-state index contributed by atoms with van der Waals surface area (Å²) in [5.41, 5.74) is 1.31. The van der Waals surface area contributed by atoms with Crippen molar-refractivity contribution in [3.05, 3.63) is 96.7 Å². The SMILES string of the molecule is COc1cccc(/C=c2\sc3nc(=O)c(Cc4ccccc4)nn3c2=O)c1. The predicted octanol–water partition coefficient (Wildman–Crippen LogP) is 1.66. The van der Waals surface area contributed by atoms with Gasteiger partial charge in [-0.2, -0.15) is 14.6 Å². The first kappa shape index (κ1) is 17.1. The zero-order chi connectivity index (χ0) is 18.8. The molecule has 0 saturated heterocycles. The van der Waals surface area contributed by atoms with Crippen molar-refractivity contribution < 1.29 is 4.74 Å². The van der Waals surface area contributed by atoms with Gasteiger partial charge >= 0.3 is 0 Å². The van der Waals surface area contributed by atoms with Crippen LogP contribution in [0.5, 0.6) is 5.75 Å². The summed E-state index contributed by atoms with van der Waals surface area (Å²) in [7, 11) is 1.59. The molecule has 0 radical (unpaired) electrons. The third kappa shape index (κ3) is 3.50. The van der Waals surface area contributed by atoms with E-state index in [1.54, 1.807) is 13.2 Å². The predicted molar refractivity (Wildman–Crippen MR) is 104 cm³/mol. The van der Waals surface area contributed by atoms with E-state index in [0.717, 1.165) is 22.5 Å². The Morgan fingerprint density at radius 2 is 1.93 bits per heavy atom. The number of nitrogens with zero attached hydrogens (tertiary/aromatic N) is 3. The molecule has 27 heavy (non-hydrogen) atoms. The van der Waals surface area contributed by atoms with Gasteiger partial charge in [-0.05, 0) is 29.3 Å². The number of fused-ring (bicyclic) bond motifs is 1. The Hall–Kier alpha value is -3.32. The molecule has 2 aromatic heterocycles. The Bertz CT molecular complexity index is 1280. The number of thiazole rings is 1. The van der Waals surface area contributed by atoms with E-state index in [-0.39, 0.29) is 16.2 Å². The van der Waals surface area contributed by atoms with Crippen molar-refractivity contribution in [3.8, 4) is 5.75 Å². The lowest BCUT2D eigenvalue weighted by molar-refractivity contribution is 0.414. The normalized spacial score (nSPS) is 11.8. The van der Waals surface area contributed by atoms with Crippen LogP contribution in [0.25, 0.3) is 11.0 Å². The topological polar surface area (TPSA) is 73.6 Å². The summed E-state index contributed by atoms with van der Waals surface area (Å²) in [5, 5.41) is 4.26. The van der Waals surface area contributed by atoms with Crippen LogP contribution in [0.1, 0.15) is 16.8 Å². The lowest BCUT2D eigenvalue weighted by Crippen LogP contribution is -2.28. The van der Waals surface area contributed by atoms with Crippen LogP contribution >= 0.6 is 11.3 Å². The number of rotatable bonds is 4. The zero-order valence-electron chi connectivity index (χ0n) is 14.5. The quantitative estimate of drug-likeness (QED) is 0.541. The van der Waals surface area contributed by atoms with Gasteiger partial charge in [-0.15, -0.1) is 0 Å². The summed E-state index contributed by atoms with van der Waals surface area (Å²) < 4.78 is 6.87. The molecule has 0 fully saturated rings. The zero-order valence-corrected chi connectivity index (χ0v) is 15.3. The van der Waals surface area contributed by atoms with Crippen LogP contribution in [-0.4, -0.2) is 21.7 Å². The Kier molecular flexibility index (Phi) is 4.52. The molecule has 0 aliphatic heterocycles. The first-order valence-electron chi connectivity index (χ1n) is 8.26. The lowest BCUT2D eigenvalue weighted by atomic mass is 10.1. The van der Waals surface area contributed by atoms with Gasteiger partial charge in [0, 0.05) is 6.42 Å². The van der Waals surface area contributed by atoms with Crippen molar-refractivity contribution in [2.45, 2.75) is 6.42 Å². The van der Waals surface area contributed by atoms with Gasteiger partial charge in [-0.25, -0.2) is 0 Å². The number of hydrogen-bond donors (Lipinski definition) is 0. The number of ether oxygens (including phenoxy) is 1. The van der Waals surface area contributed by atoms with Crippen molar-refractivity contribution in [2.24, 2.45) is 0 Å². The number of aromatic nitrogens is 3. The van der Waals surface area contributed by atoms with Gasteiger partial charge in [0.15, 0.2) is 0 Å². The molecule has 0 spiro atoms. The summed E-state index contributed by atoms with van der Waals surface area (Å²) in [6.07, 6.45) is 2.08. The van der Waals surface area contributed by atoms with Gasteiger partial charge in [0.25, 0.3) is 11.1 Å². The minimum atomic E-state index is -0.409. The number of benzene rings is 2. The molecule has 0 bridgehead atoms. The van der Waals surface area contributed by atoms with Gasteiger partial charge in [-0.3, -0.25) is 9.59 Å². The smallest absolute Gasteiger partial charge is 0.296 e. The van der Waals surface area contributed by atoms with Gasteiger partial charge in [-0.1, -0.05) is 53.8 Å². The highest BCUT2D eigenvalue weighted by Crippen LogP contribution is 2.13. The maximum atomic E-state index is 12.7. The summed E-state index contributed by atoms with van der Waals surface area (Å²) >= 11 is 1.14. The standard InChI is InChI=1S/C20H15N3O3S/c1-26-15-9-5-8-14(10-15)12-17-19(25)23-20(27-17)21-18(24)16(22-23)11-13-6-3-2-4-7-13/h2-10,12H,11H2,1H3/b17-12-. The molecule has 0 amide bonds. The largest absolute Gasteiger partial charge is 0.497 e. The molecule has 0 N–H and O–H groups in total. The van der Waals surface area contributed by atoms with Gasteiger partial charge in [0.1, 0.15) is 11.4 Å². The molecular formula is C20H15N3O3S. The van der Waals surface area contributed by atoms with Crippen LogP contribution in [0, 0.1) is 0 Å². The second-order valence-electron chi connectivity index (χ2n) is 5.91. The number of hydrogen-bond acceptors (Lipinski definition) is 6. The van der Waals surface area contributed by atoms with E-state index in [1.165, 1.54) is 4.52 Å². The van der Waals surface area contributed by atoms with E-state index < -0.39 is 5.56 Å². The Morgan fingerprint density at radius 1 is 1.11 bits per heavy atom. The van der Waals surface area contributed by atoms with E-state index in [2.05, 4.69) is 10.1 Å². The molecule has 4 aromatic rings. The molecule has 0 aliphatic carbocycles. The van der Waals surface area contributed by atoms with Crippen LogP contribution in [0.4, 0.5) is 0 Å². The third-order valence-corrected chi connectivity index (χ3v) is 5.02. The van der Waals surface area contributed by atoms with E-state index in [4.69, 9.17) is 4.74 Å². The van der Waals surface area contributed by atoms with Gasteiger partial charge in [0.2, 0.25) is 4.96 Å². The monoisotopic (exact) mass is 377 g/mol. The van der Waals surface area contributed by atoms with Crippen LogP contribution in [0.15, 0.2) is 64.2 Å². The maximum absolute atomic E-state index is 12.7. The highest BCUT2D eigenvalue weighted by atomic mass is 32.1. The average Bonchev–Trinajstić information content (AvgIpc) is 2.98. The van der Waals surface area contributed by atoms with Crippen molar-refractivity contribution in [2.75, 3.05) is 7.11 Å². The molecule has 0 saturated carbocycles. The summed E-state index contributed by atoms with van der Waals surface area (Å²) in [6, 6.07) is 16.9. The Balaban J connectivity index is 1.81. The Labute approximate surface area is 158 Å². The van der Waals surface area contributed by atoms with E-state index >= 15 is 0 Å². The lowest BCUT2D eigenvalue weighted by Gasteiger charge is -1.99. The fraction of sp³-hybridized carbons (Fsp3) is 0.100. The van der Waals surface area contributed by atoms with Crippen molar-refractivity contribution >= 4 is 22.4 Å². The van der Waals surface area contributed by atoms with Crippen molar-refractivity contribution in [1.29, 1.82) is 0 Å². The molecule has 4 rings (SSSR count). The highest BCUT2D eigenvalue weighted by molar-refractivity contribution is 7.15. The fourth-order valence-electron chi connectivity index (χ4n) is 2.72. The minimum absolute atomic E-state index is 0.251. The second kappa shape index (κ2) is 7.13. The molecule has 2 heterocycles. The van der Waals surface area contributed by atoms with Crippen molar-refractivity contribution in [1.82, 2.24) is 14.6 Å². The van der Waals surface area contributed by atoms with Crippen LogP contribution < -0.4 is 20.4 Å². The molecule has 0 atom stereocenters. The minimum Gasteiger partial charge on any atom is -0.497 e. The third-order valence-electron chi connectivity index (χ3n) is 4.06. The van der Waals surface area contributed by atoms with Crippen molar-refractivity contribution in [3.63, 3.8) is 0 Å². The molecule has 134 valence electrons. The molecular weight excluding hydrogens is 362 g/mol. The molecule has 0 aliphatic rings. The second-order valence-corrected chi connectivity index (χ2v) is 6.92. The summed E-state index contributed by atoms with van der Waals surface area (Å²) in [6.45, 7) is 0. The van der Waals surface area contributed by atoms with E-state index in [9.17, 15) is 9.59 Å². The van der Waals surface area contributed by atoms with Crippen LogP contribution in [0.2, 0.25) is 0 Å². The maximum Gasteiger partial charge on any atom is 0.296 e. The fourth-order valence-corrected chi connectivity index (χ4v) is 3.63. The first-order valence-corrected chi connectivity index (χ1v) is 9.08. The first-order chi connectivity index (χ1) is 13.1. The van der Waals surface area contributed by atoms with E-state index in [0.29, 0.717) is 16.7 Å². The summed E-state index contributed by atoms with van der Waals surface area (Å²) in [5.74, 6) is 0.702. The molecule has 6 nitrogen and oxygen atoms in total. The molecule has 0 unspecified atom stereocenters. The summed E-state index contributed by atoms with van der Waals surface area (Å²) in [4.78, 5) is 29.3. The molecule has 7 heteroatoms. The Morgan fingerprint density at radius 3 is 2.70 bits per heavy atom.